The van der Waals surface area contributed by atoms with Crippen LogP contribution in [0.5, 0.6) is 0 Å². The van der Waals surface area contributed by atoms with Crippen LogP contribution in [0.25, 0.3) is 5.57 Å². The first-order valence-corrected chi connectivity index (χ1v) is 12.2. The number of nitrogens with one attached hydrogen (secondary N) is 1. The molecule has 2 bridgehead atoms. The predicted octanol–water partition coefficient (Wildman–Crippen LogP) is 4.89. The number of ketones is 1. The number of hydrogen-bond acceptors (Lipinski definition) is 4. The highest BCUT2D eigenvalue weighted by atomic mass is 19.1. The summed E-state index contributed by atoms with van der Waals surface area (Å²) in [4.78, 5) is 37.4. The zero-order valence-electron chi connectivity index (χ0n) is 21.4. The Labute approximate surface area is 217 Å². The third kappa shape index (κ3) is 7.13. The molecule has 0 unspecified atom stereocenters. The number of benzene rings is 2. The smallest absolute Gasteiger partial charge is 0.253 e. The third-order valence-electron chi connectivity index (χ3n) is 6.19. The molecule has 0 atom stereocenters. The van der Waals surface area contributed by atoms with Crippen LogP contribution in [0, 0.1) is 0 Å². The van der Waals surface area contributed by atoms with Crippen molar-refractivity contribution in [2.24, 2.45) is 0 Å². The van der Waals surface area contributed by atoms with Crippen molar-refractivity contribution in [2.75, 3.05) is 26.7 Å². The number of fused-ring (bicyclic) bond motifs is 2. The first-order valence-electron chi connectivity index (χ1n) is 12.2. The van der Waals surface area contributed by atoms with Gasteiger partial charge in [0.2, 0.25) is 6.41 Å². The summed E-state index contributed by atoms with van der Waals surface area (Å²) in [6.45, 7) is 5.13. The predicted molar refractivity (Wildman–Crippen MR) is 144 cm³/mol. The molecule has 192 valence electrons. The van der Waals surface area contributed by atoms with E-state index in [1.165, 1.54) is 13.0 Å². The maximum atomic E-state index is 14.2. The Hall–Kier alpha value is -4.26. The maximum Gasteiger partial charge on any atom is 0.253 e. The molecular weight excluding hydrogens is 469 g/mol. The van der Waals surface area contributed by atoms with E-state index >= 15 is 0 Å². The second kappa shape index (κ2) is 13.2. The SMILES string of the molecule is CC(=O)C1=CNC2=C(c3ccccc3)C=CC(F)=C1C2.CCN(C=O)CCN(C)C(=O)c1ccccc1. The Balaban J connectivity index is 0.000000209. The molecule has 2 amide bonds. The molecule has 2 aliphatic rings. The summed E-state index contributed by atoms with van der Waals surface area (Å²) in [5, 5.41) is 3.14. The van der Waals surface area contributed by atoms with Gasteiger partial charge in [-0.25, -0.2) is 4.39 Å². The van der Waals surface area contributed by atoms with Gasteiger partial charge in [-0.2, -0.15) is 0 Å². The Bertz CT molecular complexity index is 1250. The van der Waals surface area contributed by atoms with E-state index in [2.05, 4.69) is 5.32 Å². The molecule has 0 saturated heterocycles. The Morgan fingerprint density at radius 2 is 1.65 bits per heavy atom. The molecule has 0 fully saturated rings. The lowest BCUT2D eigenvalue weighted by Crippen LogP contribution is -2.35. The van der Waals surface area contributed by atoms with Crippen molar-refractivity contribution in [3.63, 3.8) is 0 Å². The minimum absolute atomic E-state index is 0.0208. The standard InChI is InChI=1S/C17H14FNO.C13H18N2O2/c1-11(20)15-10-19-17-9-14(15)16(18)8-7-13(17)12-5-3-2-4-6-12;1-3-15(11-16)10-9-14(2)13(17)12-7-5-4-6-8-12/h2-8,10,19H,9H2,1H3;4-8,11H,3,9-10H2,1-2H3. The second-order valence-corrected chi connectivity index (χ2v) is 8.68. The van der Waals surface area contributed by atoms with Gasteiger partial charge in [-0.05, 0) is 43.7 Å². The van der Waals surface area contributed by atoms with E-state index in [1.54, 1.807) is 41.3 Å². The van der Waals surface area contributed by atoms with E-state index in [0.29, 0.717) is 42.8 Å². The van der Waals surface area contributed by atoms with Gasteiger partial charge in [0.15, 0.2) is 5.78 Å². The van der Waals surface area contributed by atoms with Gasteiger partial charge in [-0.1, -0.05) is 48.5 Å². The number of Topliss-reactive ketones (excluding diaryl/α,β-unsaturated/α-hetero) is 1. The van der Waals surface area contributed by atoms with Gasteiger partial charge in [-0.3, -0.25) is 14.4 Å². The van der Waals surface area contributed by atoms with Crippen LogP contribution >= 0.6 is 0 Å². The quantitative estimate of drug-likeness (QED) is 0.523. The van der Waals surface area contributed by atoms with Gasteiger partial charge in [0.05, 0.1) is 0 Å². The molecule has 0 spiro atoms. The van der Waals surface area contributed by atoms with Gasteiger partial charge in [0.25, 0.3) is 5.91 Å². The van der Waals surface area contributed by atoms with E-state index in [-0.39, 0.29) is 17.5 Å². The van der Waals surface area contributed by atoms with Crippen LogP contribution in [-0.4, -0.2) is 54.6 Å². The Kier molecular flexibility index (Phi) is 9.72. The zero-order chi connectivity index (χ0) is 26.8. The van der Waals surface area contributed by atoms with Gasteiger partial charge in [-0.15, -0.1) is 0 Å². The number of carbonyl (C=O) groups excluding carboxylic acids is 3. The molecular formula is C30H32FN3O3. The van der Waals surface area contributed by atoms with Crippen LogP contribution in [0.4, 0.5) is 4.39 Å². The highest BCUT2D eigenvalue weighted by Gasteiger charge is 2.24. The van der Waals surface area contributed by atoms with Crippen molar-refractivity contribution >= 4 is 23.7 Å². The van der Waals surface area contributed by atoms with Gasteiger partial charge in [0.1, 0.15) is 5.83 Å². The van der Waals surface area contributed by atoms with Crippen LogP contribution in [0.3, 0.4) is 0 Å². The molecule has 2 aromatic rings. The van der Waals surface area contributed by atoms with E-state index in [1.807, 2.05) is 55.5 Å². The number of carbonyl (C=O) groups is 3. The van der Waals surface area contributed by atoms with E-state index in [4.69, 9.17) is 0 Å². The lowest BCUT2D eigenvalue weighted by molar-refractivity contribution is -0.118. The lowest BCUT2D eigenvalue weighted by Gasteiger charge is -2.21. The topological polar surface area (TPSA) is 69.7 Å². The first-order chi connectivity index (χ1) is 17.8. The number of amides is 2. The maximum absolute atomic E-state index is 14.2. The highest BCUT2D eigenvalue weighted by molar-refractivity contribution is 5.99. The highest BCUT2D eigenvalue weighted by Crippen LogP contribution is 2.35. The Morgan fingerprint density at radius 3 is 2.24 bits per heavy atom. The molecule has 1 heterocycles. The number of hydrogen-bond donors (Lipinski definition) is 1. The zero-order valence-corrected chi connectivity index (χ0v) is 21.4. The summed E-state index contributed by atoms with van der Waals surface area (Å²) in [7, 11) is 1.74. The molecule has 0 radical (unpaired) electrons. The molecule has 4 rings (SSSR count). The normalized spacial score (nSPS) is 14.0. The number of allylic oxidation sites excluding steroid dienone is 6. The van der Waals surface area contributed by atoms with Gasteiger partial charge >= 0.3 is 0 Å². The molecule has 0 saturated carbocycles. The summed E-state index contributed by atoms with van der Waals surface area (Å²) in [6, 6.07) is 19.0. The van der Waals surface area contributed by atoms with E-state index in [0.717, 1.165) is 23.2 Å². The van der Waals surface area contributed by atoms with Crippen LogP contribution in [0.1, 0.15) is 36.2 Å². The summed E-state index contributed by atoms with van der Waals surface area (Å²) in [6.07, 6.45) is 6.02. The van der Waals surface area contributed by atoms with Gasteiger partial charge in [0, 0.05) is 67.3 Å². The van der Waals surface area contributed by atoms with Gasteiger partial charge < -0.3 is 15.1 Å². The largest absolute Gasteiger partial charge is 0.364 e. The van der Waals surface area contributed by atoms with Crippen molar-refractivity contribution in [3.05, 3.63) is 113 Å². The van der Waals surface area contributed by atoms with Crippen LogP contribution in [-0.2, 0) is 9.59 Å². The van der Waals surface area contributed by atoms with Crippen molar-refractivity contribution < 1.29 is 18.8 Å². The van der Waals surface area contributed by atoms with Crippen LogP contribution < -0.4 is 5.32 Å². The summed E-state index contributed by atoms with van der Waals surface area (Å²) < 4.78 is 14.2. The van der Waals surface area contributed by atoms with Crippen molar-refractivity contribution in [1.29, 1.82) is 0 Å². The lowest BCUT2D eigenvalue weighted by atomic mass is 9.93. The Morgan fingerprint density at radius 1 is 1.00 bits per heavy atom. The molecule has 1 N–H and O–H groups in total. The molecule has 37 heavy (non-hydrogen) atoms. The first kappa shape index (κ1) is 27.3. The number of likely N-dealkylation sites (N-methyl/N-ethyl adjacent to an activating group) is 2. The fourth-order valence-corrected chi connectivity index (χ4v) is 3.98. The molecule has 7 heteroatoms. The minimum atomic E-state index is -0.337. The number of halogens is 1. The fourth-order valence-electron chi connectivity index (χ4n) is 3.98. The van der Waals surface area contributed by atoms with Crippen LogP contribution in [0.15, 0.2) is 102 Å². The summed E-state index contributed by atoms with van der Waals surface area (Å²) in [5.41, 5.74) is 4.46. The number of rotatable bonds is 8. The number of nitrogens with zero attached hydrogens (tertiary/aromatic N) is 2. The second-order valence-electron chi connectivity index (χ2n) is 8.68. The van der Waals surface area contributed by atoms with E-state index in [9.17, 15) is 18.8 Å². The average Bonchev–Trinajstić information content (AvgIpc) is 3.05. The monoisotopic (exact) mass is 501 g/mol. The molecule has 1 aliphatic carbocycles. The fraction of sp³-hybridized carbons (Fsp3) is 0.233. The van der Waals surface area contributed by atoms with Crippen molar-refractivity contribution in [1.82, 2.24) is 15.1 Å². The molecule has 0 aromatic heterocycles. The average molecular weight is 502 g/mol. The third-order valence-corrected chi connectivity index (χ3v) is 6.19. The molecule has 1 aliphatic heterocycles. The van der Waals surface area contributed by atoms with Crippen molar-refractivity contribution in [3.8, 4) is 0 Å². The molecule has 2 aromatic carbocycles. The van der Waals surface area contributed by atoms with Crippen LogP contribution in [0.2, 0.25) is 0 Å². The van der Waals surface area contributed by atoms with E-state index < -0.39 is 0 Å². The van der Waals surface area contributed by atoms with Crippen molar-refractivity contribution in [2.45, 2.75) is 20.3 Å². The summed E-state index contributed by atoms with van der Waals surface area (Å²) in [5.74, 6) is -0.484. The summed E-state index contributed by atoms with van der Waals surface area (Å²) >= 11 is 0. The minimum Gasteiger partial charge on any atom is -0.364 e. The molecule has 6 nitrogen and oxygen atoms in total.